The molecule has 7 nitrogen and oxygen atoms in total. The molecule has 3 aromatic rings. The van der Waals surface area contributed by atoms with Gasteiger partial charge in [-0.2, -0.15) is 18.3 Å². The van der Waals surface area contributed by atoms with Gasteiger partial charge in [-0.25, -0.2) is 0 Å². The van der Waals surface area contributed by atoms with E-state index in [1.807, 2.05) is 0 Å². The molecule has 1 aliphatic rings. The minimum absolute atomic E-state index is 0.0158. The Morgan fingerprint density at radius 3 is 2.74 bits per heavy atom. The molecule has 1 aromatic heterocycles. The zero-order chi connectivity index (χ0) is 24.5. The van der Waals surface area contributed by atoms with Crippen molar-refractivity contribution in [1.29, 1.82) is 0 Å². The molecule has 0 saturated heterocycles. The maximum Gasteiger partial charge on any atom is 0.416 e. The number of hydrogen-bond donors (Lipinski definition) is 3. The van der Waals surface area contributed by atoms with Crippen molar-refractivity contribution in [1.82, 2.24) is 10.2 Å². The number of rotatable bonds is 7. The van der Waals surface area contributed by atoms with Crippen LogP contribution in [-0.2, 0) is 17.6 Å². The number of methoxy groups -OCH3 is 1. The Hall–Kier alpha value is -3.95. The van der Waals surface area contributed by atoms with Gasteiger partial charge >= 0.3 is 6.18 Å². The summed E-state index contributed by atoms with van der Waals surface area (Å²) in [5.74, 6) is 0.796. The van der Waals surface area contributed by atoms with E-state index >= 15 is 0 Å². The van der Waals surface area contributed by atoms with Crippen molar-refractivity contribution in [3.63, 3.8) is 0 Å². The zero-order valence-corrected chi connectivity index (χ0v) is 18.5. The van der Waals surface area contributed by atoms with Crippen LogP contribution in [0.5, 0.6) is 11.5 Å². The summed E-state index contributed by atoms with van der Waals surface area (Å²) in [7, 11) is 1.45. The third-order valence-electron chi connectivity index (χ3n) is 5.44. The van der Waals surface area contributed by atoms with Crippen LogP contribution in [0.4, 0.5) is 24.7 Å². The molecule has 178 valence electrons. The number of benzene rings is 2. The van der Waals surface area contributed by atoms with E-state index < -0.39 is 11.7 Å². The van der Waals surface area contributed by atoms with Crippen LogP contribution < -0.4 is 20.1 Å². The number of aromatic nitrogens is 2. The van der Waals surface area contributed by atoms with Gasteiger partial charge in [0, 0.05) is 34.9 Å². The highest BCUT2D eigenvalue weighted by Crippen LogP contribution is 2.40. The first-order valence-electron chi connectivity index (χ1n) is 10.4. The minimum Gasteiger partial charge on any atom is -0.493 e. The summed E-state index contributed by atoms with van der Waals surface area (Å²) in [5, 5.41) is 12.3. The maximum atomic E-state index is 13.7. The van der Waals surface area contributed by atoms with Crippen LogP contribution in [0, 0.1) is 0 Å². The minimum atomic E-state index is -4.55. The Bertz CT molecular complexity index is 1240. The summed E-state index contributed by atoms with van der Waals surface area (Å²) in [6.45, 7) is 5.01. The zero-order valence-electron chi connectivity index (χ0n) is 18.5. The van der Waals surface area contributed by atoms with Crippen LogP contribution >= 0.6 is 0 Å². The lowest BCUT2D eigenvalue weighted by atomic mass is 9.87. The van der Waals surface area contributed by atoms with Gasteiger partial charge < -0.3 is 20.1 Å². The van der Waals surface area contributed by atoms with Crippen LogP contribution in [0.2, 0.25) is 0 Å². The lowest BCUT2D eigenvalue weighted by molar-refractivity contribution is -0.138. The Morgan fingerprint density at radius 1 is 1.24 bits per heavy atom. The van der Waals surface area contributed by atoms with Gasteiger partial charge in [-0.1, -0.05) is 18.7 Å². The standard InChI is InChI=1S/C24H23F3N4O3/c1-13(2)29-16-6-4-15(19(9-16)24(25,26)27)12-34-20-7-5-14(8-21(20)33-3)17-10-22(32)30-23-18(17)11-28-31-23/h4-9,11,17,29H,1,10,12H2,2-3H3,(H2,28,30,31,32). The summed E-state index contributed by atoms with van der Waals surface area (Å²) in [5.41, 5.74) is 1.65. The normalized spacial score (nSPS) is 15.3. The summed E-state index contributed by atoms with van der Waals surface area (Å²) in [6.07, 6.45) is -2.67. The molecule has 2 heterocycles. The number of anilines is 2. The highest BCUT2D eigenvalue weighted by molar-refractivity contribution is 5.94. The number of hydrogen-bond acceptors (Lipinski definition) is 5. The van der Waals surface area contributed by atoms with Gasteiger partial charge in [0.15, 0.2) is 11.5 Å². The second-order valence-corrected chi connectivity index (χ2v) is 7.98. The second-order valence-electron chi connectivity index (χ2n) is 7.98. The second kappa shape index (κ2) is 9.12. The highest BCUT2D eigenvalue weighted by Gasteiger charge is 2.34. The molecule has 1 aliphatic heterocycles. The van der Waals surface area contributed by atoms with Crippen molar-refractivity contribution in [2.75, 3.05) is 17.7 Å². The molecular formula is C24H23F3N4O3. The number of carbonyl (C=O) groups is 1. The summed E-state index contributed by atoms with van der Waals surface area (Å²) < 4.78 is 52.1. The van der Waals surface area contributed by atoms with E-state index in [1.54, 1.807) is 37.4 Å². The van der Waals surface area contributed by atoms with Crippen LogP contribution in [0.25, 0.3) is 0 Å². The van der Waals surface area contributed by atoms with Gasteiger partial charge in [0.05, 0.1) is 18.9 Å². The van der Waals surface area contributed by atoms with Crippen molar-refractivity contribution in [2.24, 2.45) is 0 Å². The number of alkyl halides is 3. The molecule has 1 unspecified atom stereocenters. The largest absolute Gasteiger partial charge is 0.493 e. The third-order valence-corrected chi connectivity index (χ3v) is 5.44. The van der Waals surface area contributed by atoms with Crippen molar-refractivity contribution < 1.29 is 27.4 Å². The molecule has 0 radical (unpaired) electrons. The Labute approximate surface area is 194 Å². The third kappa shape index (κ3) is 4.85. The summed E-state index contributed by atoms with van der Waals surface area (Å²) in [6, 6.07) is 9.06. The Balaban J connectivity index is 1.58. The first-order chi connectivity index (χ1) is 16.2. The van der Waals surface area contributed by atoms with Gasteiger partial charge in [0.1, 0.15) is 12.4 Å². The van der Waals surface area contributed by atoms with Gasteiger partial charge in [-0.05, 0) is 36.8 Å². The monoisotopic (exact) mass is 472 g/mol. The molecule has 2 aromatic carbocycles. The van der Waals surface area contributed by atoms with E-state index in [4.69, 9.17) is 9.47 Å². The van der Waals surface area contributed by atoms with Crippen LogP contribution in [0.15, 0.2) is 54.9 Å². The van der Waals surface area contributed by atoms with E-state index in [0.29, 0.717) is 23.0 Å². The van der Waals surface area contributed by atoms with Gasteiger partial charge in [0.2, 0.25) is 5.91 Å². The first-order valence-corrected chi connectivity index (χ1v) is 10.4. The molecule has 0 aliphatic carbocycles. The van der Waals surface area contributed by atoms with Gasteiger partial charge in [-0.3, -0.25) is 9.89 Å². The number of amides is 1. The van der Waals surface area contributed by atoms with Crippen molar-refractivity contribution in [3.05, 3.63) is 77.1 Å². The van der Waals surface area contributed by atoms with Crippen LogP contribution in [0.1, 0.15) is 41.5 Å². The molecule has 1 amide bonds. The average Bonchev–Trinajstić information content (AvgIpc) is 3.25. The predicted octanol–water partition coefficient (Wildman–Crippen LogP) is 5.44. The molecule has 34 heavy (non-hydrogen) atoms. The Kier molecular flexibility index (Phi) is 6.23. The van der Waals surface area contributed by atoms with Crippen molar-refractivity contribution in [2.45, 2.75) is 32.0 Å². The molecule has 0 bridgehead atoms. The average molecular weight is 472 g/mol. The van der Waals surface area contributed by atoms with Gasteiger partial charge in [0.25, 0.3) is 0 Å². The number of H-pyrrole nitrogens is 1. The fraction of sp³-hybridized carbons (Fsp3) is 0.250. The van der Waals surface area contributed by atoms with E-state index in [-0.39, 0.29) is 36.2 Å². The number of nitrogens with zero attached hydrogens (tertiary/aromatic N) is 1. The van der Waals surface area contributed by atoms with Crippen molar-refractivity contribution >= 4 is 17.4 Å². The topological polar surface area (TPSA) is 88.3 Å². The molecule has 4 rings (SSSR count). The molecule has 0 saturated carbocycles. The number of allylic oxidation sites excluding steroid dienone is 1. The number of nitrogens with one attached hydrogen (secondary N) is 3. The Morgan fingerprint density at radius 2 is 2.03 bits per heavy atom. The fourth-order valence-corrected chi connectivity index (χ4v) is 3.91. The fourth-order valence-electron chi connectivity index (χ4n) is 3.91. The number of aromatic amines is 1. The SMILES string of the molecule is C=C(C)Nc1ccc(COc2ccc(C3CC(=O)Nc4[nH]ncc43)cc2OC)c(C(F)(F)F)c1. The van der Waals surface area contributed by atoms with E-state index in [1.165, 1.54) is 13.2 Å². The molecular weight excluding hydrogens is 449 g/mol. The predicted molar refractivity (Wildman–Crippen MR) is 121 cm³/mol. The molecule has 10 heteroatoms. The van der Waals surface area contributed by atoms with Crippen LogP contribution in [-0.4, -0.2) is 23.2 Å². The summed E-state index contributed by atoms with van der Waals surface area (Å²) >= 11 is 0. The molecule has 0 fully saturated rings. The summed E-state index contributed by atoms with van der Waals surface area (Å²) in [4.78, 5) is 12.1. The number of ether oxygens (including phenoxy) is 2. The number of halogens is 3. The quantitative estimate of drug-likeness (QED) is 0.427. The highest BCUT2D eigenvalue weighted by atomic mass is 19.4. The lowest BCUT2D eigenvalue weighted by Crippen LogP contribution is -2.23. The molecule has 1 atom stereocenters. The smallest absolute Gasteiger partial charge is 0.416 e. The van der Waals surface area contributed by atoms with Gasteiger partial charge in [-0.15, -0.1) is 0 Å². The van der Waals surface area contributed by atoms with E-state index in [2.05, 4.69) is 27.4 Å². The molecule has 3 N–H and O–H groups in total. The molecule has 0 spiro atoms. The van der Waals surface area contributed by atoms with E-state index in [9.17, 15) is 18.0 Å². The maximum absolute atomic E-state index is 13.7. The number of fused-ring (bicyclic) bond motifs is 1. The number of carbonyl (C=O) groups excluding carboxylic acids is 1. The van der Waals surface area contributed by atoms with E-state index in [0.717, 1.165) is 17.2 Å². The lowest BCUT2D eigenvalue weighted by Gasteiger charge is -2.23. The van der Waals surface area contributed by atoms with Crippen molar-refractivity contribution in [3.8, 4) is 11.5 Å². The first kappa shape index (κ1) is 23.2. The van der Waals surface area contributed by atoms with Crippen LogP contribution in [0.3, 0.4) is 0 Å².